The van der Waals surface area contributed by atoms with Gasteiger partial charge in [-0.15, -0.1) is 0 Å². The average Bonchev–Trinajstić information content (AvgIpc) is 2.32. The molecule has 0 aliphatic rings. The summed E-state index contributed by atoms with van der Waals surface area (Å²) in [4.78, 5) is 24.7. The first-order valence-electron chi connectivity index (χ1n) is 5.26. The van der Waals surface area contributed by atoms with E-state index in [1.165, 1.54) is 0 Å². The fourth-order valence-corrected chi connectivity index (χ4v) is 1.27. The Morgan fingerprint density at radius 1 is 1.30 bits per heavy atom. The molecule has 7 nitrogen and oxygen atoms in total. The molecule has 0 unspecified atom stereocenters. The first-order chi connectivity index (χ1) is 9.21. The van der Waals surface area contributed by atoms with E-state index in [0.717, 1.165) is 6.07 Å². The molecule has 110 valence electrons. The highest BCUT2D eigenvalue weighted by Crippen LogP contribution is 2.29. The number of ether oxygens (including phenoxy) is 1. The number of pyridine rings is 1. The highest BCUT2D eigenvalue weighted by molar-refractivity contribution is 5.97. The van der Waals surface area contributed by atoms with E-state index in [1.54, 1.807) is 0 Å². The number of halogens is 3. The zero-order valence-corrected chi connectivity index (χ0v) is 10.0. The minimum Gasteiger partial charge on any atom is -0.448 e. The van der Waals surface area contributed by atoms with Crippen molar-refractivity contribution in [1.82, 2.24) is 4.98 Å². The minimum atomic E-state index is -4.66. The van der Waals surface area contributed by atoms with E-state index in [4.69, 9.17) is 11.5 Å². The lowest BCUT2D eigenvalue weighted by atomic mass is 10.2. The van der Waals surface area contributed by atoms with Crippen LogP contribution in [-0.2, 0) is 10.9 Å². The molecular formula is C10H11F3N4O3. The molecule has 0 aromatic carbocycles. The minimum absolute atomic E-state index is 0.0858. The Kier molecular flexibility index (Phi) is 4.73. The zero-order valence-electron chi connectivity index (χ0n) is 10.0. The molecule has 0 atom stereocenters. The van der Waals surface area contributed by atoms with Gasteiger partial charge in [0.05, 0.1) is 12.1 Å². The molecule has 0 aliphatic heterocycles. The van der Waals surface area contributed by atoms with Gasteiger partial charge >= 0.3 is 12.3 Å². The van der Waals surface area contributed by atoms with E-state index in [-0.39, 0.29) is 24.5 Å². The van der Waals surface area contributed by atoms with Crippen molar-refractivity contribution in [2.24, 2.45) is 11.5 Å². The molecule has 1 aromatic rings. The smallest absolute Gasteiger partial charge is 0.433 e. The van der Waals surface area contributed by atoms with Gasteiger partial charge in [0, 0.05) is 0 Å². The van der Waals surface area contributed by atoms with Crippen molar-refractivity contribution in [2.45, 2.75) is 6.18 Å². The predicted octanol–water partition coefficient (Wildman–Crippen LogP) is 0.707. The molecule has 0 bridgehead atoms. The van der Waals surface area contributed by atoms with Gasteiger partial charge in [-0.1, -0.05) is 0 Å². The van der Waals surface area contributed by atoms with Gasteiger partial charge in [0.15, 0.2) is 0 Å². The van der Waals surface area contributed by atoms with Crippen LogP contribution in [0.5, 0.6) is 0 Å². The molecule has 0 spiro atoms. The van der Waals surface area contributed by atoms with Gasteiger partial charge in [-0.25, -0.2) is 9.78 Å². The monoisotopic (exact) mass is 292 g/mol. The number of alkyl halides is 3. The number of amides is 2. The van der Waals surface area contributed by atoms with Crippen LogP contribution in [0.15, 0.2) is 12.1 Å². The van der Waals surface area contributed by atoms with Crippen LogP contribution in [0.2, 0.25) is 0 Å². The second kappa shape index (κ2) is 6.08. The molecule has 2 amide bonds. The number of carbonyl (C=O) groups is 2. The molecule has 0 saturated carbocycles. The maximum Gasteiger partial charge on any atom is 0.433 e. The van der Waals surface area contributed by atoms with Gasteiger partial charge < -0.3 is 21.5 Å². The highest BCUT2D eigenvalue weighted by atomic mass is 19.4. The summed E-state index contributed by atoms with van der Waals surface area (Å²) in [5.74, 6) is -1.29. The summed E-state index contributed by atoms with van der Waals surface area (Å²) in [5.41, 5.74) is 8.33. The molecular weight excluding hydrogens is 281 g/mol. The van der Waals surface area contributed by atoms with Crippen molar-refractivity contribution < 1.29 is 27.5 Å². The summed E-state index contributed by atoms with van der Waals surface area (Å²) >= 11 is 0. The number of aromatic nitrogens is 1. The Morgan fingerprint density at radius 2 is 1.95 bits per heavy atom. The Bertz CT molecular complexity index is 519. The molecule has 5 N–H and O–H groups in total. The topological polar surface area (TPSA) is 120 Å². The van der Waals surface area contributed by atoms with E-state index in [0.29, 0.717) is 6.07 Å². The third kappa shape index (κ3) is 4.30. The number of nitrogens with zero attached hydrogens (tertiary/aromatic N) is 1. The number of hydrogen-bond acceptors (Lipinski definition) is 5. The number of carbonyl (C=O) groups excluding carboxylic acids is 2. The fraction of sp³-hybridized carbons (Fsp3) is 0.300. The molecule has 1 heterocycles. The van der Waals surface area contributed by atoms with E-state index in [9.17, 15) is 22.8 Å². The standard InChI is InChI=1S/C10H11F3N4O3/c11-10(12,13)6-2-1-5(7(14)18)8(17-6)16-3-4-20-9(15)19/h1-2H,3-4H2,(H2,14,18)(H2,15,19)(H,16,17). The molecule has 0 fully saturated rings. The van der Waals surface area contributed by atoms with Crippen molar-refractivity contribution in [1.29, 1.82) is 0 Å². The Hall–Kier alpha value is -2.52. The van der Waals surface area contributed by atoms with E-state index in [1.807, 2.05) is 0 Å². The second-order valence-corrected chi connectivity index (χ2v) is 3.55. The molecule has 10 heteroatoms. The SMILES string of the molecule is NC(=O)OCCNc1nc(C(F)(F)F)ccc1C(N)=O. The van der Waals surface area contributed by atoms with Gasteiger partial charge in [0.1, 0.15) is 18.1 Å². The van der Waals surface area contributed by atoms with Gasteiger partial charge in [-0.05, 0) is 12.1 Å². The zero-order chi connectivity index (χ0) is 15.3. The lowest BCUT2D eigenvalue weighted by molar-refractivity contribution is -0.141. The maximum absolute atomic E-state index is 12.5. The molecule has 20 heavy (non-hydrogen) atoms. The predicted molar refractivity (Wildman–Crippen MR) is 61.8 cm³/mol. The quantitative estimate of drug-likeness (QED) is 0.690. The van der Waals surface area contributed by atoms with Gasteiger partial charge in [0.2, 0.25) is 0 Å². The van der Waals surface area contributed by atoms with Crippen LogP contribution in [-0.4, -0.2) is 30.1 Å². The molecule has 0 saturated heterocycles. The summed E-state index contributed by atoms with van der Waals surface area (Å²) in [7, 11) is 0. The van der Waals surface area contributed by atoms with E-state index >= 15 is 0 Å². The van der Waals surface area contributed by atoms with Crippen LogP contribution in [0.3, 0.4) is 0 Å². The van der Waals surface area contributed by atoms with Crippen LogP contribution in [0.25, 0.3) is 0 Å². The third-order valence-electron chi connectivity index (χ3n) is 2.09. The number of anilines is 1. The van der Waals surface area contributed by atoms with Crippen molar-refractivity contribution >= 4 is 17.8 Å². The van der Waals surface area contributed by atoms with Gasteiger partial charge in [0.25, 0.3) is 5.91 Å². The largest absolute Gasteiger partial charge is 0.448 e. The Labute approximate surface area is 111 Å². The average molecular weight is 292 g/mol. The second-order valence-electron chi connectivity index (χ2n) is 3.55. The number of rotatable bonds is 5. The molecule has 1 rings (SSSR count). The lowest BCUT2D eigenvalue weighted by Crippen LogP contribution is -2.22. The van der Waals surface area contributed by atoms with E-state index in [2.05, 4.69) is 15.0 Å². The first-order valence-corrected chi connectivity index (χ1v) is 5.26. The normalized spacial score (nSPS) is 10.9. The Balaban J connectivity index is 2.89. The Morgan fingerprint density at radius 3 is 2.45 bits per heavy atom. The number of hydrogen-bond donors (Lipinski definition) is 3. The van der Waals surface area contributed by atoms with Crippen molar-refractivity contribution in [3.05, 3.63) is 23.4 Å². The fourth-order valence-electron chi connectivity index (χ4n) is 1.27. The van der Waals surface area contributed by atoms with Crippen molar-refractivity contribution in [3.63, 3.8) is 0 Å². The lowest BCUT2D eigenvalue weighted by Gasteiger charge is -2.12. The van der Waals surface area contributed by atoms with Crippen molar-refractivity contribution in [3.8, 4) is 0 Å². The summed E-state index contributed by atoms with van der Waals surface area (Å²) in [6.07, 6.45) is -5.69. The third-order valence-corrected chi connectivity index (χ3v) is 2.09. The first kappa shape index (κ1) is 15.5. The molecule has 0 aliphatic carbocycles. The molecule has 1 aromatic heterocycles. The summed E-state index contributed by atoms with van der Waals surface area (Å²) in [6, 6.07) is 1.56. The maximum atomic E-state index is 12.5. The number of nitrogens with two attached hydrogens (primary N) is 2. The van der Waals surface area contributed by atoms with Crippen LogP contribution in [0.4, 0.5) is 23.8 Å². The number of nitrogens with one attached hydrogen (secondary N) is 1. The number of primary amides is 2. The van der Waals surface area contributed by atoms with Gasteiger partial charge in [-0.3, -0.25) is 4.79 Å². The van der Waals surface area contributed by atoms with Crippen LogP contribution in [0.1, 0.15) is 16.1 Å². The highest BCUT2D eigenvalue weighted by Gasteiger charge is 2.33. The summed E-state index contributed by atoms with van der Waals surface area (Å²) in [5, 5.41) is 2.42. The van der Waals surface area contributed by atoms with Crippen LogP contribution in [0, 0.1) is 0 Å². The van der Waals surface area contributed by atoms with E-state index < -0.39 is 23.9 Å². The van der Waals surface area contributed by atoms with Gasteiger partial charge in [-0.2, -0.15) is 13.2 Å². The summed E-state index contributed by atoms with van der Waals surface area (Å²) in [6.45, 7) is -0.289. The van der Waals surface area contributed by atoms with Crippen LogP contribution < -0.4 is 16.8 Å². The summed E-state index contributed by atoms with van der Waals surface area (Å²) < 4.78 is 41.9. The molecule has 0 radical (unpaired) electrons. The van der Waals surface area contributed by atoms with Crippen molar-refractivity contribution in [2.75, 3.05) is 18.5 Å². The van der Waals surface area contributed by atoms with Crippen LogP contribution >= 0.6 is 0 Å².